The Labute approximate surface area is 286 Å². The minimum atomic E-state index is 0.738. The number of aromatic nitrogens is 4. The molecule has 7 aromatic carbocycles. The van der Waals surface area contributed by atoms with E-state index < -0.39 is 0 Å². The SMILES string of the molecule is C1=Cc2cc(-c3nc(-n4c5ccccc5c5c4c4ccccc4c4c6cccc7c8ccccc8n(c76)c45)c4ccccc4n3)ccc2CC1. The van der Waals surface area contributed by atoms with Crippen molar-refractivity contribution in [3.8, 4) is 17.2 Å². The zero-order valence-electron chi connectivity index (χ0n) is 27.1. The van der Waals surface area contributed by atoms with Gasteiger partial charge in [-0.15, -0.1) is 0 Å². The van der Waals surface area contributed by atoms with Crippen LogP contribution in [0.4, 0.5) is 0 Å². The standard InChI is InChI=1S/C46H28N4/c1-2-13-28-26-29(25-24-27(28)12-1)45-47-37-21-8-5-17-34(37)46(48-45)50-39-23-10-7-18-35(39)41-43(50)33-16-4-3-15-31(33)40-36-20-11-19-32-30-14-6-9-22-38(30)49(42(32)36)44(40)41/h2-11,13-26H,1,12H2. The maximum absolute atomic E-state index is 5.50. The second kappa shape index (κ2) is 9.55. The van der Waals surface area contributed by atoms with E-state index in [4.69, 9.17) is 9.97 Å². The van der Waals surface area contributed by atoms with Crippen LogP contribution >= 0.6 is 0 Å². The van der Waals surface area contributed by atoms with E-state index in [9.17, 15) is 0 Å². The van der Waals surface area contributed by atoms with E-state index in [1.807, 2.05) is 0 Å². The van der Waals surface area contributed by atoms with E-state index in [2.05, 4.69) is 155 Å². The monoisotopic (exact) mass is 636 g/mol. The quantitative estimate of drug-likeness (QED) is 0.189. The molecule has 12 rings (SSSR count). The number of aryl methyl sites for hydroxylation is 1. The highest BCUT2D eigenvalue weighted by molar-refractivity contribution is 6.39. The summed E-state index contributed by atoms with van der Waals surface area (Å²) in [5.74, 6) is 1.63. The van der Waals surface area contributed by atoms with Gasteiger partial charge in [-0.3, -0.25) is 4.57 Å². The molecule has 0 saturated heterocycles. The van der Waals surface area contributed by atoms with Crippen LogP contribution in [0.3, 0.4) is 0 Å². The molecule has 0 radical (unpaired) electrons. The zero-order chi connectivity index (χ0) is 32.5. The van der Waals surface area contributed by atoms with Crippen molar-refractivity contribution in [2.45, 2.75) is 12.8 Å². The molecule has 11 aromatic rings. The lowest BCUT2D eigenvalue weighted by molar-refractivity contribution is 0.985. The molecule has 4 nitrogen and oxygen atoms in total. The van der Waals surface area contributed by atoms with Gasteiger partial charge in [0, 0.05) is 48.7 Å². The molecule has 50 heavy (non-hydrogen) atoms. The molecule has 0 amide bonds. The van der Waals surface area contributed by atoms with Crippen LogP contribution in [0.15, 0.2) is 140 Å². The molecule has 4 heteroatoms. The third-order valence-corrected chi connectivity index (χ3v) is 11.1. The molecular formula is C46H28N4. The Hall–Kier alpha value is -6.52. The third-order valence-electron chi connectivity index (χ3n) is 11.1. The number of hydrogen-bond donors (Lipinski definition) is 0. The summed E-state index contributed by atoms with van der Waals surface area (Å²) in [7, 11) is 0. The van der Waals surface area contributed by atoms with Crippen LogP contribution in [0.5, 0.6) is 0 Å². The van der Waals surface area contributed by atoms with Crippen molar-refractivity contribution < 1.29 is 0 Å². The predicted molar refractivity (Wildman–Crippen MR) is 209 cm³/mol. The maximum Gasteiger partial charge on any atom is 0.162 e. The Morgan fingerprint density at radius 1 is 0.500 bits per heavy atom. The summed E-state index contributed by atoms with van der Waals surface area (Å²) in [4.78, 5) is 10.7. The number of rotatable bonds is 2. The fourth-order valence-corrected chi connectivity index (χ4v) is 8.99. The molecule has 4 aromatic heterocycles. The van der Waals surface area contributed by atoms with Gasteiger partial charge in [-0.2, -0.15) is 0 Å². The van der Waals surface area contributed by atoms with Gasteiger partial charge in [0.1, 0.15) is 5.82 Å². The van der Waals surface area contributed by atoms with Gasteiger partial charge in [0.25, 0.3) is 0 Å². The van der Waals surface area contributed by atoms with Gasteiger partial charge in [-0.1, -0.05) is 115 Å². The Morgan fingerprint density at radius 3 is 2.10 bits per heavy atom. The number of allylic oxidation sites excluding steroid dienone is 1. The highest BCUT2D eigenvalue weighted by Crippen LogP contribution is 2.48. The Kier molecular flexibility index (Phi) is 5.05. The fraction of sp³-hybridized carbons (Fsp3) is 0.0435. The van der Waals surface area contributed by atoms with Gasteiger partial charge in [0.05, 0.1) is 33.1 Å². The van der Waals surface area contributed by atoms with Crippen molar-refractivity contribution >= 4 is 87.7 Å². The van der Waals surface area contributed by atoms with Crippen molar-refractivity contribution in [2.75, 3.05) is 0 Å². The van der Waals surface area contributed by atoms with Crippen LogP contribution in [0.2, 0.25) is 0 Å². The lowest BCUT2D eigenvalue weighted by Gasteiger charge is -2.15. The lowest BCUT2D eigenvalue weighted by atomic mass is 9.95. The summed E-state index contributed by atoms with van der Waals surface area (Å²) >= 11 is 0. The second-order valence-electron chi connectivity index (χ2n) is 13.6. The van der Waals surface area contributed by atoms with E-state index >= 15 is 0 Å². The average Bonchev–Trinajstić information content (AvgIpc) is 3.83. The van der Waals surface area contributed by atoms with Crippen molar-refractivity contribution in [3.63, 3.8) is 0 Å². The highest BCUT2D eigenvalue weighted by Gasteiger charge is 2.26. The van der Waals surface area contributed by atoms with E-state index in [0.717, 1.165) is 46.5 Å². The van der Waals surface area contributed by atoms with Crippen LogP contribution in [0, 0.1) is 0 Å². The zero-order valence-corrected chi connectivity index (χ0v) is 27.1. The first kappa shape index (κ1) is 26.4. The summed E-state index contributed by atoms with van der Waals surface area (Å²) in [6, 6.07) is 48.6. The third kappa shape index (κ3) is 3.30. The van der Waals surface area contributed by atoms with Crippen LogP contribution in [-0.2, 0) is 6.42 Å². The number of para-hydroxylation sites is 4. The second-order valence-corrected chi connectivity index (χ2v) is 13.6. The molecule has 1 aliphatic carbocycles. The Bertz CT molecular complexity index is 3260. The normalized spacial score (nSPS) is 13.4. The maximum atomic E-state index is 5.50. The van der Waals surface area contributed by atoms with E-state index in [1.165, 1.54) is 76.3 Å². The molecule has 0 saturated carbocycles. The van der Waals surface area contributed by atoms with Gasteiger partial charge in [0.15, 0.2) is 5.82 Å². The molecule has 232 valence electrons. The molecule has 0 N–H and O–H groups in total. The van der Waals surface area contributed by atoms with Crippen molar-refractivity contribution in [3.05, 3.63) is 151 Å². The lowest BCUT2D eigenvalue weighted by Crippen LogP contribution is -2.03. The number of fused-ring (bicyclic) bond motifs is 15. The first-order chi connectivity index (χ1) is 24.8. The molecule has 0 unspecified atom stereocenters. The smallest absolute Gasteiger partial charge is 0.162 e. The van der Waals surface area contributed by atoms with Crippen molar-refractivity contribution in [1.82, 2.24) is 18.9 Å². The number of hydrogen-bond acceptors (Lipinski definition) is 2. The topological polar surface area (TPSA) is 35.1 Å². The minimum Gasteiger partial charge on any atom is -0.307 e. The molecule has 0 atom stereocenters. The van der Waals surface area contributed by atoms with Crippen LogP contribution in [0.25, 0.3) is 105 Å². The van der Waals surface area contributed by atoms with E-state index in [-0.39, 0.29) is 0 Å². The Morgan fingerprint density at radius 2 is 1.20 bits per heavy atom. The molecule has 0 bridgehead atoms. The van der Waals surface area contributed by atoms with Gasteiger partial charge < -0.3 is 4.40 Å². The number of nitrogens with zero attached hydrogens (tertiary/aromatic N) is 4. The predicted octanol–water partition coefficient (Wildman–Crippen LogP) is 11.7. The van der Waals surface area contributed by atoms with E-state index in [0.29, 0.717) is 0 Å². The van der Waals surface area contributed by atoms with Crippen molar-refractivity contribution in [1.29, 1.82) is 0 Å². The Balaban J connectivity index is 1.31. The fourth-order valence-electron chi connectivity index (χ4n) is 8.99. The summed E-state index contributed by atoms with van der Waals surface area (Å²) in [6.45, 7) is 0. The number of benzene rings is 7. The molecule has 4 heterocycles. The first-order valence-electron chi connectivity index (χ1n) is 17.4. The molecular weight excluding hydrogens is 609 g/mol. The highest BCUT2D eigenvalue weighted by atomic mass is 15.1. The first-order valence-corrected chi connectivity index (χ1v) is 17.4. The molecule has 1 aliphatic rings. The van der Waals surface area contributed by atoms with Gasteiger partial charge in [0.2, 0.25) is 0 Å². The minimum absolute atomic E-state index is 0.738. The van der Waals surface area contributed by atoms with Crippen LogP contribution in [0.1, 0.15) is 17.5 Å². The average molecular weight is 637 g/mol. The van der Waals surface area contributed by atoms with Gasteiger partial charge >= 0.3 is 0 Å². The van der Waals surface area contributed by atoms with Crippen LogP contribution in [-0.4, -0.2) is 18.9 Å². The van der Waals surface area contributed by atoms with Gasteiger partial charge in [-0.25, -0.2) is 9.97 Å². The summed E-state index contributed by atoms with van der Waals surface area (Å²) in [5.41, 5.74) is 10.7. The van der Waals surface area contributed by atoms with E-state index in [1.54, 1.807) is 0 Å². The van der Waals surface area contributed by atoms with Crippen molar-refractivity contribution in [2.24, 2.45) is 0 Å². The molecule has 0 fully saturated rings. The summed E-state index contributed by atoms with van der Waals surface area (Å²) < 4.78 is 4.95. The molecule has 0 spiro atoms. The summed E-state index contributed by atoms with van der Waals surface area (Å²) in [6.07, 6.45) is 6.66. The van der Waals surface area contributed by atoms with Crippen LogP contribution < -0.4 is 0 Å². The molecule has 0 aliphatic heterocycles. The summed E-state index contributed by atoms with van der Waals surface area (Å²) in [5, 5.41) is 11.1. The largest absolute Gasteiger partial charge is 0.307 e. The van der Waals surface area contributed by atoms with Gasteiger partial charge in [-0.05, 0) is 59.7 Å².